The van der Waals surface area contributed by atoms with Crippen molar-refractivity contribution in [1.29, 1.82) is 0 Å². The maximum atomic E-state index is 12.2. The van der Waals surface area contributed by atoms with Crippen molar-refractivity contribution in [3.05, 3.63) is 12.3 Å². The van der Waals surface area contributed by atoms with Crippen molar-refractivity contribution in [1.82, 2.24) is 19.6 Å². The van der Waals surface area contributed by atoms with E-state index in [4.69, 9.17) is 5.11 Å². The van der Waals surface area contributed by atoms with Crippen molar-refractivity contribution >= 4 is 17.6 Å². The van der Waals surface area contributed by atoms with E-state index in [1.54, 1.807) is 21.8 Å². The molecule has 138 valence electrons. The van der Waals surface area contributed by atoms with Crippen molar-refractivity contribution in [2.45, 2.75) is 25.7 Å². The van der Waals surface area contributed by atoms with Crippen LogP contribution in [0.4, 0.5) is 5.82 Å². The van der Waals surface area contributed by atoms with Gasteiger partial charge in [0.05, 0.1) is 13.2 Å². The Morgan fingerprint density at radius 2 is 2.12 bits per heavy atom. The van der Waals surface area contributed by atoms with E-state index in [0.29, 0.717) is 25.3 Å². The molecule has 3 rings (SSSR count). The second-order valence-corrected chi connectivity index (χ2v) is 7.24. The lowest BCUT2D eigenvalue weighted by Crippen LogP contribution is -2.52. The van der Waals surface area contributed by atoms with Crippen LogP contribution < -0.4 is 5.32 Å². The molecule has 2 aliphatic heterocycles. The van der Waals surface area contributed by atoms with Crippen molar-refractivity contribution in [3.63, 3.8) is 0 Å². The summed E-state index contributed by atoms with van der Waals surface area (Å²) in [5.74, 6) is 0.679. The zero-order valence-corrected chi connectivity index (χ0v) is 14.8. The minimum absolute atomic E-state index is 0.0155. The van der Waals surface area contributed by atoms with Gasteiger partial charge in [-0.25, -0.2) is 0 Å². The molecule has 0 saturated carbocycles. The Bertz CT molecular complexity index is 622. The molecule has 0 aromatic carbocycles. The summed E-state index contributed by atoms with van der Waals surface area (Å²) in [6.45, 7) is 3.26. The van der Waals surface area contributed by atoms with Gasteiger partial charge in [-0.3, -0.25) is 19.2 Å². The predicted molar refractivity (Wildman–Crippen MR) is 92.8 cm³/mol. The number of likely N-dealkylation sites (tertiary alicyclic amines) is 2. The summed E-state index contributed by atoms with van der Waals surface area (Å²) in [6, 6.07) is 1.78. The number of aromatic nitrogens is 2. The number of rotatable bonds is 5. The smallest absolute Gasteiger partial charge is 0.239 e. The summed E-state index contributed by atoms with van der Waals surface area (Å²) in [6.07, 6.45) is 5.25. The van der Waals surface area contributed by atoms with Crippen molar-refractivity contribution in [2.75, 3.05) is 44.6 Å². The number of hydrogen-bond acceptors (Lipinski definition) is 5. The van der Waals surface area contributed by atoms with Crippen LogP contribution in [0.1, 0.15) is 25.7 Å². The number of hydrogen-bond donors (Lipinski definition) is 2. The molecule has 2 N–H and O–H groups in total. The number of anilines is 1. The number of aliphatic hydroxyl groups is 1. The first-order valence-electron chi connectivity index (χ1n) is 8.90. The molecule has 0 radical (unpaired) electrons. The third kappa shape index (κ3) is 4.38. The van der Waals surface area contributed by atoms with Gasteiger partial charge in [-0.05, 0) is 37.8 Å². The fourth-order valence-corrected chi connectivity index (χ4v) is 3.89. The minimum Gasteiger partial charge on any atom is -0.395 e. The third-order valence-electron chi connectivity index (χ3n) is 5.38. The number of carbonyl (C=O) groups is 2. The average molecular weight is 349 g/mol. The fourth-order valence-electron chi connectivity index (χ4n) is 3.89. The molecule has 1 aromatic heterocycles. The van der Waals surface area contributed by atoms with Crippen molar-refractivity contribution < 1.29 is 14.7 Å². The van der Waals surface area contributed by atoms with Crippen LogP contribution in [0.25, 0.3) is 0 Å². The number of nitrogens with one attached hydrogen (secondary N) is 1. The first-order valence-corrected chi connectivity index (χ1v) is 8.90. The van der Waals surface area contributed by atoms with E-state index in [1.807, 2.05) is 7.05 Å². The minimum atomic E-state index is -0.0459. The van der Waals surface area contributed by atoms with Crippen LogP contribution in [0.2, 0.25) is 0 Å². The quantitative estimate of drug-likeness (QED) is 0.784. The molecular weight excluding hydrogens is 322 g/mol. The third-order valence-corrected chi connectivity index (χ3v) is 5.38. The summed E-state index contributed by atoms with van der Waals surface area (Å²) >= 11 is 0. The molecule has 0 atom stereocenters. The molecule has 0 unspecified atom stereocenters. The standard InChI is InChI=1S/C17H27N5O3/c1-20-7-3-14(19-20)18-15(24)12-21-8-5-17(6-9-21)4-2-16(25)22(13-17)10-11-23/h3,7,23H,2,4-6,8-13H2,1H3,(H,18,19,24). The second-order valence-electron chi connectivity index (χ2n) is 7.24. The van der Waals surface area contributed by atoms with Crippen LogP contribution in [-0.4, -0.2) is 75.8 Å². The maximum Gasteiger partial charge on any atom is 0.239 e. The van der Waals surface area contributed by atoms with Gasteiger partial charge in [0.2, 0.25) is 11.8 Å². The summed E-state index contributed by atoms with van der Waals surface area (Å²) in [4.78, 5) is 28.1. The number of aliphatic hydroxyl groups excluding tert-OH is 1. The number of β-amino-alcohol motifs (C(OH)–C–C–N with tert-alkyl or cyclic N) is 1. The highest BCUT2D eigenvalue weighted by Crippen LogP contribution is 2.40. The van der Waals surface area contributed by atoms with Gasteiger partial charge in [0.25, 0.3) is 0 Å². The molecule has 0 aliphatic carbocycles. The Labute approximate surface area is 147 Å². The largest absolute Gasteiger partial charge is 0.395 e. The van der Waals surface area contributed by atoms with Crippen LogP contribution in [0.3, 0.4) is 0 Å². The predicted octanol–water partition coefficient (Wildman–Crippen LogP) is 0.0555. The van der Waals surface area contributed by atoms with Gasteiger partial charge in [0.1, 0.15) is 0 Å². The second kappa shape index (κ2) is 7.53. The SMILES string of the molecule is Cn1ccc(NC(=O)CN2CCC3(CCC(=O)N(CCO)C3)CC2)n1. The van der Waals surface area contributed by atoms with Gasteiger partial charge in [0.15, 0.2) is 5.82 Å². The normalized spacial score (nSPS) is 20.9. The van der Waals surface area contributed by atoms with Gasteiger partial charge >= 0.3 is 0 Å². The lowest BCUT2D eigenvalue weighted by atomic mass is 9.72. The Balaban J connectivity index is 1.48. The summed E-state index contributed by atoms with van der Waals surface area (Å²) in [5, 5.41) is 16.1. The highest BCUT2D eigenvalue weighted by Gasteiger charge is 2.40. The molecule has 2 saturated heterocycles. The Hall–Kier alpha value is -1.93. The van der Waals surface area contributed by atoms with Crippen LogP contribution in [0, 0.1) is 5.41 Å². The summed E-state index contributed by atoms with van der Waals surface area (Å²) < 4.78 is 1.66. The van der Waals surface area contributed by atoms with E-state index in [9.17, 15) is 9.59 Å². The van der Waals surface area contributed by atoms with Crippen molar-refractivity contribution in [3.8, 4) is 0 Å². The Morgan fingerprint density at radius 3 is 2.76 bits per heavy atom. The van der Waals surface area contributed by atoms with Gasteiger partial charge in [0, 0.05) is 38.8 Å². The zero-order valence-electron chi connectivity index (χ0n) is 14.8. The maximum absolute atomic E-state index is 12.2. The van der Waals surface area contributed by atoms with E-state index in [-0.39, 0.29) is 23.8 Å². The summed E-state index contributed by atoms with van der Waals surface area (Å²) in [7, 11) is 1.81. The van der Waals surface area contributed by atoms with E-state index >= 15 is 0 Å². The molecule has 8 nitrogen and oxygen atoms in total. The van der Waals surface area contributed by atoms with Gasteiger partial charge in [-0.15, -0.1) is 0 Å². The molecule has 25 heavy (non-hydrogen) atoms. The number of carbonyl (C=O) groups excluding carboxylic acids is 2. The molecule has 8 heteroatoms. The molecule has 2 aliphatic rings. The Morgan fingerprint density at radius 1 is 1.36 bits per heavy atom. The Kier molecular flexibility index (Phi) is 5.39. The number of amides is 2. The van der Waals surface area contributed by atoms with E-state index in [0.717, 1.165) is 38.9 Å². The molecular formula is C17H27N5O3. The molecule has 2 amide bonds. The number of nitrogens with zero attached hydrogens (tertiary/aromatic N) is 4. The summed E-state index contributed by atoms with van der Waals surface area (Å²) in [5.41, 5.74) is 0.150. The van der Waals surface area contributed by atoms with Crippen LogP contribution in [-0.2, 0) is 16.6 Å². The lowest BCUT2D eigenvalue weighted by Gasteiger charge is -2.47. The number of piperidine rings is 2. The molecule has 3 heterocycles. The van der Waals surface area contributed by atoms with Crippen LogP contribution >= 0.6 is 0 Å². The molecule has 1 spiro atoms. The lowest BCUT2D eigenvalue weighted by molar-refractivity contribution is -0.139. The molecule has 1 aromatic rings. The highest BCUT2D eigenvalue weighted by atomic mass is 16.3. The van der Waals surface area contributed by atoms with E-state index in [2.05, 4.69) is 15.3 Å². The fraction of sp³-hybridized carbons (Fsp3) is 0.706. The average Bonchev–Trinajstić information content (AvgIpc) is 2.98. The van der Waals surface area contributed by atoms with Gasteiger partial charge in [-0.2, -0.15) is 5.10 Å². The van der Waals surface area contributed by atoms with E-state index < -0.39 is 0 Å². The van der Waals surface area contributed by atoms with Gasteiger partial charge < -0.3 is 15.3 Å². The topological polar surface area (TPSA) is 90.7 Å². The van der Waals surface area contributed by atoms with Gasteiger partial charge in [-0.1, -0.05) is 0 Å². The highest BCUT2D eigenvalue weighted by molar-refractivity contribution is 5.91. The van der Waals surface area contributed by atoms with Crippen molar-refractivity contribution in [2.24, 2.45) is 12.5 Å². The van der Waals surface area contributed by atoms with Crippen LogP contribution in [0.15, 0.2) is 12.3 Å². The molecule has 0 bridgehead atoms. The monoisotopic (exact) mass is 349 g/mol. The zero-order chi connectivity index (χ0) is 17.9. The molecule has 2 fully saturated rings. The number of aryl methyl sites for hydroxylation is 1. The first kappa shape index (κ1) is 17.9. The van der Waals surface area contributed by atoms with E-state index in [1.165, 1.54) is 0 Å². The van der Waals surface area contributed by atoms with Crippen LogP contribution in [0.5, 0.6) is 0 Å². The first-order chi connectivity index (χ1) is 12.0.